The number of nitrogens with zero attached hydrogens (tertiary/aromatic N) is 2. The summed E-state index contributed by atoms with van der Waals surface area (Å²) >= 11 is 1.25. The predicted molar refractivity (Wildman–Crippen MR) is 82.1 cm³/mol. The fraction of sp³-hybridized carbons (Fsp3) is 0.500. The number of aliphatic hydroxyl groups excluding tert-OH is 1. The summed E-state index contributed by atoms with van der Waals surface area (Å²) < 4.78 is 0. The van der Waals surface area contributed by atoms with Crippen molar-refractivity contribution in [1.82, 2.24) is 15.5 Å². The summed E-state index contributed by atoms with van der Waals surface area (Å²) in [5.41, 5.74) is 6.31. The monoisotopic (exact) mass is 306 g/mol. The van der Waals surface area contributed by atoms with Gasteiger partial charge >= 0.3 is 0 Å². The number of carbonyl (C=O) groups excluding carboxylic acids is 1. The number of aliphatic hydroxyl groups is 1. The number of aromatic nitrogens is 2. The number of carbonyl (C=O) groups is 1. The lowest BCUT2D eigenvalue weighted by molar-refractivity contribution is 0.0885. The molecule has 0 aromatic carbocycles. The van der Waals surface area contributed by atoms with Gasteiger partial charge in [-0.15, -0.1) is 16.4 Å². The van der Waals surface area contributed by atoms with E-state index in [2.05, 4.69) is 15.5 Å². The Morgan fingerprint density at radius 2 is 2.24 bits per heavy atom. The third kappa shape index (κ3) is 2.58. The molecule has 7 heteroatoms. The number of nitrogens with two attached hydrogens (primary N) is 1. The molecule has 0 saturated heterocycles. The highest BCUT2D eigenvalue weighted by molar-refractivity contribution is 7.21. The molecule has 3 rings (SSSR count). The average molecular weight is 306 g/mol. The second-order valence-corrected chi connectivity index (χ2v) is 6.64. The zero-order valence-corrected chi connectivity index (χ0v) is 12.4. The van der Waals surface area contributed by atoms with Gasteiger partial charge in [0.1, 0.15) is 9.71 Å². The molecule has 1 saturated carbocycles. The van der Waals surface area contributed by atoms with Crippen LogP contribution in [-0.4, -0.2) is 34.4 Å². The third-order valence-electron chi connectivity index (χ3n) is 4.25. The molecule has 0 bridgehead atoms. The molecule has 0 unspecified atom stereocenters. The van der Waals surface area contributed by atoms with Crippen LogP contribution in [0.4, 0.5) is 5.69 Å². The Morgan fingerprint density at radius 3 is 2.90 bits per heavy atom. The van der Waals surface area contributed by atoms with E-state index in [4.69, 9.17) is 5.73 Å². The summed E-state index contributed by atoms with van der Waals surface area (Å²) in [5.74, 6) is -0.199. The Bertz CT molecular complexity index is 664. The van der Waals surface area contributed by atoms with Crippen LogP contribution in [0, 0.1) is 5.41 Å². The number of hydrogen-bond acceptors (Lipinski definition) is 6. The SMILES string of the molecule is Nc1c(C(=O)NCC2(CO)CCCC2)sc2nnccc12. The first-order valence-corrected chi connectivity index (χ1v) is 7.86. The molecule has 0 aliphatic heterocycles. The summed E-state index contributed by atoms with van der Waals surface area (Å²) in [6, 6.07) is 1.76. The van der Waals surface area contributed by atoms with E-state index in [0.29, 0.717) is 21.9 Å². The molecule has 21 heavy (non-hydrogen) atoms. The van der Waals surface area contributed by atoms with Crippen molar-refractivity contribution in [3.8, 4) is 0 Å². The minimum atomic E-state index is -0.199. The molecule has 1 fully saturated rings. The minimum absolute atomic E-state index is 0.112. The summed E-state index contributed by atoms with van der Waals surface area (Å²) in [5, 5.41) is 21.0. The van der Waals surface area contributed by atoms with Crippen LogP contribution in [0.2, 0.25) is 0 Å². The van der Waals surface area contributed by atoms with Gasteiger partial charge in [0.15, 0.2) is 0 Å². The number of rotatable bonds is 4. The second-order valence-electron chi connectivity index (χ2n) is 5.64. The van der Waals surface area contributed by atoms with Crippen LogP contribution >= 0.6 is 11.3 Å². The maximum atomic E-state index is 12.3. The lowest BCUT2D eigenvalue weighted by Crippen LogP contribution is -2.38. The van der Waals surface area contributed by atoms with E-state index in [0.717, 1.165) is 31.1 Å². The van der Waals surface area contributed by atoms with Gasteiger partial charge in [0.2, 0.25) is 0 Å². The van der Waals surface area contributed by atoms with Crippen molar-refractivity contribution in [2.24, 2.45) is 5.41 Å². The number of thiophene rings is 1. The molecule has 4 N–H and O–H groups in total. The fourth-order valence-corrected chi connectivity index (χ4v) is 3.86. The molecular weight excluding hydrogens is 288 g/mol. The molecule has 2 heterocycles. The number of anilines is 1. The van der Waals surface area contributed by atoms with Crippen LogP contribution < -0.4 is 11.1 Å². The molecule has 112 valence electrons. The van der Waals surface area contributed by atoms with Gasteiger partial charge in [-0.05, 0) is 18.9 Å². The van der Waals surface area contributed by atoms with Crippen molar-refractivity contribution < 1.29 is 9.90 Å². The van der Waals surface area contributed by atoms with E-state index in [-0.39, 0.29) is 17.9 Å². The Hall–Kier alpha value is -1.73. The normalized spacial score (nSPS) is 17.2. The van der Waals surface area contributed by atoms with E-state index in [1.165, 1.54) is 11.3 Å². The second kappa shape index (κ2) is 5.57. The highest BCUT2D eigenvalue weighted by Gasteiger charge is 2.33. The Kier molecular flexibility index (Phi) is 3.77. The van der Waals surface area contributed by atoms with Crippen molar-refractivity contribution in [2.45, 2.75) is 25.7 Å². The van der Waals surface area contributed by atoms with Crippen molar-refractivity contribution in [1.29, 1.82) is 0 Å². The Balaban J connectivity index is 1.76. The van der Waals surface area contributed by atoms with Gasteiger partial charge in [-0.2, -0.15) is 5.10 Å². The zero-order valence-electron chi connectivity index (χ0n) is 11.6. The quantitative estimate of drug-likeness (QED) is 0.795. The fourth-order valence-electron chi connectivity index (χ4n) is 2.91. The molecule has 0 atom stereocenters. The lowest BCUT2D eigenvalue weighted by Gasteiger charge is -2.26. The van der Waals surface area contributed by atoms with Gasteiger partial charge in [0, 0.05) is 17.3 Å². The van der Waals surface area contributed by atoms with E-state index in [9.17, 15) is 9.90 Å². The summed E-state index contributed by atoms with van der Waals surface area (Å²) in [4.78, 5) is 13.5. The van der Waals surface area contributed by atoms with Gasteiger partial charge in [-0.3, -0.25) is 4.79 Å². The molecule has 2 aromatic rings. The van der Waals surface area contributed by atoms with E-state index < -0.39 is 0 Å². The highest BCUT2D eigenvalue weighted by atomic mass is 32.1. The van der Waals surface area contributed by atoms with Crippen molar-refractivity contribution in [3.05, 3.63) is 17.1 Å². The molecule has 1 aliphatic rings. The number of nitrogens with one attached hydrogen (secondary N) is 1. The summed E-state index contributed by atoms with van der Waals surface area (Å²) in [6.45, 7) is 0.600. The molecule has 0 spiro atoms. The zero-order chi connectivity index (χ0) is 14.9. The van der Waals surface area contributed by atoms with Crippen LogP contribution in [0.1, 0.15) is 35.4 Å². The van der Waals surface area contributed by atoms with Gasteiger partial charge in [0.25, 0.3) is 5.91 Å². The van der Waals surface area contributed by atoms with Crippen molar-refractivity contribution >= 4 is 33.1 Å². The van der Waals surface area contributed by atoms with Crippen LogP contribution in [0.25, 0.3) is 10.2 Å². The van der Waals surface area contributed by atoms with Crippen LogP contribution in [0.15, 0.2) is 12.3 Å². The first kappa shape index (κ1) is 14.2. The lowest BCUT2D eigenvalue weighted by atomic mass is 9.87. The molecular formula is C14H18N4O2S. The molecule has 1 aliphatic carbocycles. The largest absolute Gasteiger partial charge is 0.397 e. The predicted octanol–water partition coefficient (Wildman–Crippen LogP) is 1.56. The van der Waals surface area contributed by atoms with Gasteiger partial charge in [-0.1, -0.05) is 12.8 Å². The standard InChI is InChI=1S/C14H18N4O2S/c15-10-9-3-6-17-18-13(9)21-11(10)12(20)16-7-14(8-19)4-1-2-5-14/h3,6,19H,1-2,4-5,7-8,15H2,(H,16,20). The van der Waals surface area contributed by atoms with Crippen LogP contribution in [0.3, 0.4) is 0 Å². The summed E-state index contributed by atoms with van der Waals surface area (Å²) in [7, 11) is 0. The number of amides is 1. The summed E-state index contributed by atoms with van der Waals surface area (Å²) in [6.07, 6.45) is 5.69. The van der Waals surface area contributed by atoms with Crippen LogP contribution in [0.5, 0.6) is 0 Å². The third-order valence-corrected chi connectivity index (χ3v) is 5.35. The number of hydrogen-bond donors (Lipinski definition) is 3. The maximum Gasteiger partial charge on any atom is 0.263 e. The highest BCUT2D eigenvalue weighted by Crippen LogP contribution is 2.37. The average Bonchev–Trinajstić information content (AvgIpc) is 3.11. The maximum absolute atomic E-state index is 12.3. The Labute approximate surface area is 126 Å². The van der Waals surface area contributed by atoms with Gasteiger partial charge in [0.05, 0.1) is 18.5 Å². The first-order valence-electron chi connectivity index (χ1n) is 7.04. The molecule has 6 nitrogen and oxygen atoms in total. The van der Waals surface area contributed by atoms with Gasteiger partial charge < -0.3 is 16.2 Å². The van der Waals surface area contributed by atoms with Crippen molar-refractivity contribution in [3.63, 3.8) is 0 Å². The van der Waals surface area contributed by atoms with E-state index in [1.807, 2.05) is 0 Å². The topological polar surface area (TPSA) is 101 Å². The molecule has 0 radical (unpaired) electrons. The Morgan fingerprint density at radius 1 is 1.48 bits per heavy atom. The van der Waals surface area contributed by atoms with E-state index >= 15 is 0 Å². The van der Waals surface area contributed by atoms with Gasteiger partial charge in [-0.25, -0.2) is 0 Å². The number of fused-ring (bicyclic) bond motifs is 1. The van der Waals surface area contributed by atoms with Crippen LogP contribution in [-0.2, 0) is 0 Å². The first-order chi connectivity index (χ1) is 10.2. The molecule has 1 amide bonds. The smallest absolute Gasteiger partial charge is 0.263 e. The van der Waals surface area contributed by atoms with Crippen molar-refractivity contribution in [2.75, 3.05) is 18.9 Å². The molecule has 2 aromatic heterocycles. The minimum Gasteiger partial charge on any atom is -0.397 e. The van der Waals surface area contributed by atoms with E-state index in [1.54, 1.807) is 12.3 Å². The number of nitrogen functional groups attached to an aromatic ring is 1.